The van der Waals surface area contributed by atoms with Crippen LogP contribution in [0, 0.1) is 6.92 Å². The van der Waals surface area contributed by atoms with Crippen molar-refractivity contribution >= 4 is 28.4 Å². The molecule has 2 aromatic carbocycles. The Bertz CT molecular complexity index is 849. The maximum Gasteiger partial charge on any atom is 0.229 e. The molecule has 1 aromatic heterocycles. The van der Waals surface area contributed by atoms with Crippen molar-refractivity contribution in [3.63, 3.8) is 0 Å². The van der Waals surface area contributed by atoms with E-state index in [1.165, 1.54) is 31.2 Å². The predicted molar refractivity (Wildman–Crippen MR) is 105 cm³/mol. The normalized spacial score (nSPS) is 15.2. The molecule has 1 aliphatic heterocycles. The van der Waals surface area contributed by atoms with Crippen molar-refractivity contribution in [3.8, 4) is 0 Å². The molecule has 1 aliphatic rings. The molecule has 0 saturated carbocycles. The topological polar surface area (TPSA) is 41.1 Å². The number of aromatic nitrogens is 2. The van der Waals surface area contributed by atoms with Crippen molar-refractivity contribution in [3.05, 3.63) is 54.1 Å². The van der Waals surface area contributed by atoms with E-state index in [0.29, 0.717) is 5.95 Å². The van der Waals surface area contributed by atoms with Crippen LogP contribution in [0.25, 0.3) is 10.9 Å². The highest BCUT2D eigenvalue weighted by Gasteiger charge is 2.16. The molecule has 3 aromatic rings. The molecule has 25 heavy (non-hydrogen) atoms. The van der Waals surface area contributed by atoms with Crippen LogP contribution < -0.4 is 10.2 Å². The SMILES string of the molecule is Cc1ccc(Nc2nc(N3CCCCCC3)c3ccccc3n2)cc1. The first-order valence-corrected chi connectivity index (χ1v) is 9.15. The van der Waals surface area contributed by atoms with Crippen molar-refractivity contribution in [2.24, 2.45) is 0 Å². The van der Waals surface area contributed by atoms with Crippen LogP contribution in [0.2, 0.25) is 0 Å². The number of nitrogens with zero attached hydrogens (tertiary/aromatic N) is 3. The van der Waals surface area contributed by atoms with Crippen LogP contribution in [0.5, 0.6) is 0 Å². The quantitative estimate of drug-likeness (QED) is 0.727. The lowest BCUT2D eigenvalue weighted by Crippen LogP contribution is -2.25. The number of anilines is 3. The van der Waals surface area contributed by atoms with E-state index in [9.17, 15) is 0 Å². The van der Waals surface area contributed by atoms with Crippen molar-refractivity contribution in [1.29, 1.82) is 0 Å². The Morgan fingerprint density at radius 1 is 0.840 bits per heavy atom. The van der Waals surface area contributed by atoms with E-state index in [-0.39, 0.29) is 0 Å². The van der Waals surface area contributed by atoms with Gasteiger partial charge in [0.15, 0.2) is 0 Å². The smallest absolute Gasteiger partial charge is 0.229 e. The fourth-order valence-electron chi connectivity index (χ4n) is 3.41. The van der Waals surface area contributed by atoms with E-state index in [1.54, 1.807) is 0 Å². The van der Waals surface area contributed by atoms with Gasteiger partial charge in [0.05, 0.1) is 5.52 Å². The molecular formula is C21H24N4. The van der Waals surface area contributed by atoms with E-state index < -0.39 is 0 Å². The minimum absolute atomic E-state index is 0.668. The number of rotatable bonds is 3. The van der Waals surface area contributed by atoms with Gasteiger partial charge in [0, 0.05) is 24.2 Å². The number of aryl methyl sites for hydroxylation is 1. The number of nitrogens with one attached hydrogen (secondary N) is 1. The number of hydrogen-bond donors (Lipinski definition) is 1. The fourth-order valence-corrected chi connectivity index (χ4v) is 3.41. The highest BCUT2D eigenvalue weighted by molar-refractivity contribution is 5.90. The van der Waals surface area contributed by atoms with Gasteiger partial charge >= 0.3 is 0 Å². The van der Waals surface area contributed by atoms with E-state index in [2.05, 4.69) is 59.6 Å². The summed E-state index contributed by atoms with van der Waals surface area (Å²) in [6, 6.07) is 16.6. The molecule has 0 bridgehead atoms. The highest BCUT2D eigenvalue weighted by Crippen LogP contribution is 2.28. The summed E-state index contributed by atoms with van der Waals surface area (Å²) >= 11 is 0. The van der Waals surface area contributed by atoms with Crippen LogP contribution in [0.3, 0.4) is 0 Å². The molecule has 0 spiro atoms. The Balaban J connectivity index is 1.73. The summed E-state index contributed by atoms with van der Waals surface area (Å²) in [6.45, 7) is 4.24. The van der Waals surface area contributed by atoms with Crippen molar-refractivity contribution < 1.29 is 0 Å². The van der Waals surface area contributed by atoms with E-state index in [1.807, 2.05) is 6.07 Å². The second-order valence-corrected chi connectivity index (χ2v) is 6.78. The number of hydrogen-bond acceptors (Lipinski definition) is 4. The third-order valence-corrected chi connectivity index (χ3v) is 4.80. The lowest BCUT2D eigenvalue weighted by atomic mass is 10.2. The van der Waals surface area contributed by atoms with Crippen molar-refractivity contribution in [2.75, 3.05) is 23.3 Å². The second-order valence-electron chi connectivity index (χ2n) is 6.78. The van der Waals surface area contributed by atoms with Crippen LogP contribution in [0.1, 0.15) is 31.2 Å². The summed E-state index contributed by atoms with van der Waals surface area (Å²) in [6.07, 6.45) is 5.10. The average molecular weight is 332 g/mol. The molecule has 0 aliphatic carbocycles. The first kappa shape index (κ1) is 15.9. The van der Waals surface area contributed by atoms with Gasteiger partial charge in [-0.2, -0.15) is 4.98 Å². The molecule has 128 valence electrons. The molecular weight excluding hydrogens is 308 g/mol. The number of para-hydroxylation sites is 1. The largest absolute Gasteiger partial charge is 0.356 e. The third kappa shape index (κ3) is 3.58. The molecule has 0 amide bonds. The van der Waals surface area contributed by atoms with Crippen LogP contribution in [-0.2, 0) is 0 Å². The summed E-state index contributed by atoms with van der Waals surface area (Å²) in [7, 11) is 0. The summed E-state index contributed by atoms with van der Waals surface area (Å²) < 4.78 is 0. The number of fused-ring (bicyclic) bond motifs is 1. The molecule has 1 N–H and O–H groups in total. The molecule has 1 fully saturated rings. The molecule has 4 nitrogen and oxygen atoms in total. The van der Waals surface area contributed by atoms with E-state index >= 15 is 0 Å². The van der Waals surface area contributed by atoms with Gasteiger partial charge in [-0.25, -0.2) is 4.98 Å². The highest BCUT2D eigenvalue weighted by atomic mass is 15.2. The Labute approximate surface area is 148 Å². The molecule has 4 heteroatoms. The Morgan fingerprint density at radius 2 is 1.56 bits per heavy atom. The minimum Gasteiger partial charge on any atom is -0.356 e. The molecule has 4 rings (SSSR count). The van der Waals surface area contributed by atoms with E-state index in [4.69, 9.17) is 9.97 Å². The lowest BCUT2D eigenvalue weighted by Gasteiger charge is -2.23. The maximum absolute atomic E-state index is 4.89. The summed E-state index contributed by atoms with van der Waals surface area (Å²) in [5.41, 5.74) is 3.25. The summed E-state index contributed by atoms with van der Waals surface area (Å²) in [4.78, 5) is 12.0. The number of benzene rings is 2. The standard InChI is InChI=1S/C21H24N4/c1-16-10-12-17(13-11-16)22-21-23-19-9-5-4-8-18(19)20(24-21)25-14-6-2-3-7-15-25/h4-5,8-13H,2-3,6-7,14-15H2,1H3,(H,22,23,24). The summed E-state index contributed by atoms with van der Waals surface area (Å²) in [5, 5.41) is 4.51. The van der Waals surface area contributed by atoms with Gasteiger partial charge in [-0.3, -0.25) is 0 Å². The Morgan fingerprint density at radius 3 is 2.32 bits per heavy atom. The zero-order valence-corrected chi connectivity index (χ0v) is 14.7. The second kappa shape index (κ2) is 7.09. The van der Waals surface area contributed by atoms with Crippen molar-refractivity contribution in [1.82, 2.24) is 9.97 Å². The van der Waals surface area contributed by atoms with Crippen LogP contribution >= 0.6 is 0 Å². The zero-order chi connectivity index (χ0) is 17.1. The predicted octanol–water partition coefficient (Wildman–Crippen LogP) is 5.06. The van der Waals surface area contributed by atoms with Crippen molar-refractivity contribution in [2.45, 2.75) is 32.6 Å². The van der Waals surface area contributed by atoms with Gasteiger partial charge in [-0.15, -0.1) is 0 Å². The Hall–Kier alpha value is -2.62. The minimum atomic E-state index is 0.668. The molecule has 1 saturated heterocycles. The summed E-state index contributed by atoms with van der Waals surface area (Å²) in [5.74, 6) is 1.73. The van der Waals surface area contributed by atoms with Gasteiger partial charge in [0.1, 0.15) is 5.82 Å². The monoisotopic (exact) mass is 332 g/mol. The van der Waals surface area contributed by atoms with E-state index in [0.717, 1.165) is 35.5 Å². The van der Waals surface area contributed by atoms with Crippen LogP contribution in [0.4, 0.5) is 17.5 Å². The molecule has 2 heterocycles. The first-order chi connectivity index (χ1) is 12.3. The fraction of sp³-hybridized carbons (Fsp3) is 0.333. The average Bonchev–Trinajstić information content (AvgIpc) is 2.92. The third-order valence-electron chi connectivity index (χ3n) is 4.80. The van der Waals surface area contributed by atoms with Gasteiger partial charge in [0.2, 0.25) is 5.95 Å². The molecule has 0 radical (unpaired) electrons. The Kier molecular flexibility index (Phi) is 4.51. The van der Waals surface area contributed by atoms with Gasteiger partial charge in [-0.05, 0) is 44.0 Å². The van der Waals surface area contributed by atoms with Gasteiger partial charge in [0.25, 0.3) is 0 Å². The lowest BCUT2D eigenvalue weighted by molar-refractivity contribution is 0.726. The molecule has 0 atom stereocenters. The zero-order valence-electron chi connectivity index (χ0n) is 14.7. The van der Waals surface area contributed by atoms with Crippen LogP contribution in [-0.4, -0.2) is 23.1 Å². The molecule has 0 unspecified atom stereocenters. The van der Waals surface area contributed by atoms with Crippen LogP contribution in [0.15, 0.2) is 48.5 Å². The maximum atomic E-state index is 4.89. The van der Waals surface area contributed by atoms with Gasteiger partial charge in [-0.1, -0.05) is 42.7 Å². The first-order valence-electron chi connectivity index (χ1n) is 9.15. The van der Waals surface area contributed by atoms with Gasteiger partial charge < -0.3 is 10.2 Å².